The van der Waals surface area contributed by atoms with Crippen LogP contribution < -0.4 is 0 Å². The number of benzene rings is 1. The van der Waals surface area contributed by atoms with E-state index in [4.69, 9.17) is 5.11 Å². The highest BCUT2D eigenvalue weighted by molar-refractivity contribution is 5.91. The van der Waals surface area contributed by atoms with E-state index in [0.717, 1.165) is 5.69 Å². The Labute approximate surface area is 107 Å². The Kier molecular flexibility index (Phi) is 2.42. The molecule has 0 spiro atoms. The van der Waals surface area contributed by atoms with E-state index in [1.165, 1.54) is 12.3 Å². The van der Waals surface area contributed by atoms with Crippen LogP contribution in [0.15, 0.2) is 42.9 Å². The molecular formula is C13H9N3O3. The van der Waals surface area contributed by atoms with Gasteiger partial charge in [0, 0.05) is 11.9 Å². The molecule has 1 aromatic carbocycles. The molecular weight excluding hydrogens is 246 g/mol. The number of aromatic nitrogens is 3. The van der Waals surface area contributed by atoms with Crippen molar-refractivity contribution in [1.29, 1.82) is 0 Å². The Balaban J connectivity index is 2.15. The van der Waals surface area contributed by atoms with E-state index in [1.807, 2.05) is 0 Å². The number of phenols is 1. The van der Waals surface area contributed by atoms with Gasteiger partial charge < -0.3 is 10.2 Å². The van der Waals surface area contributed by atoms with Crippen molar-refractivity contribution in [3.8, 4) is 11.4 Å². The first-order valence-electron chi connectivity index (χ1n) is 5.51. The molecule has 2 N–H and O–H groups in total. The number of carboxylic acid groups (broad SMARTS) is 1. The molecule has 0 amide bonds. The van der Waals surface area contributed by atoms with Gasteiger partial charge in [-0.3, -0.25) is 4.57 Å². The summed E-state index contributed by atoms with van der Waals surface area (Å²) in [7, 11) is 0. The number of aromatic carboxylic acids is 1. The first-order valence-corrected chi connectivity index (χ1v) is 5.51. The van der Waals surface area contributed by atoms with Crippen molar-refractivity contribution >= 4 is 17.1 Å². The van der Waals surface area contributed by atoms with Gasteiger partial charge in [0.1, 0.15) is 17.6 Å². The van der Waals surface area contributed by atoms with Gasteiger partial charge in [0.25, 0.3) is 0 Å². The van der Waals surface area contributed by atoms with Gasteiger partial charge in [-0.15, -0.1) is 0 Å². The highest BCUT2D eigenvalue weighted by Gasteiger charge is 2.10. The molecule has 94 valence electrons. The Morgan fingerprint density at radius 2 is 1.89 bits per heavy atom. The Morgan fingerprint density at radius 1 is 1.16 bits per heavy atom. The number of hydrogen-bond donors (Lipinski definition) is 2. The normalized spacial score (nSPS) is 10.7. The first-order chi connectivity index (χ1) is 9.15. The van der Waals surface area contributed by atoms with Gasteiger partial charge in [0.2, 0.25) is 0 Å². The maximum Gasteiger partial charge on any atom is 0.337 e. The predicted octanol–water partition coefficient (Wildman–Crippen LogP) is 1.82. The smallest absolute Gasteiger partial charge is 0.337 e. The van der Waals surface area contributed by atoms with E-state index in [-0.39, 0.29) is 11.3 Å². The summed E-state index contributed by atoms with van der Waals surface area (Å²) in [6, 6.07) is 8.05. The Hall–Kier alpha value is -2.89. The van der Waals surface area contributed by atoms with Crippen LogP contribution in [0, 0.1) is 0 Å². The molecule has 3 aromatic rings. The molecule has 2 heterocycles. The van der Waals surface area contributed by atoms with Gasteiger partial charge in [0.05, 0.1) is 5.56 Å². The highest BCUT2D eigenvalue weighted by Crippen LogP contribution is 2.19. The number of imidazole rings is 1. The minimum Gasteiger partial charge on any atom is -0.508 e. The molecule has 0 saturated heterocycles. The lowest BCUT2D eigenvalue weighted by molar-refractivity contribution is 0.0696. The first kappa shape index (κ1) is 11.2. The van der Waals surface area contributed by atoms with Gasteiger partial charge in [-0.25, -0.2) is 14.8 Å². The monoisotopic (exact) mass is 255 g/mol. The summed E-state index contributed by atoms with van der Waals surface area (Å²) in [5.74, 6) is -0.858. The minimum atomic E-state index is -1.03. The van der Waals surface area contributed by atoms with Crippen molar-refractivity contribution in [2.75, 3.05) is 0 Å². The van der Waals surface area contributed by atoms with Crippen LogP contribution in [0.25, 0.3) is 16.9 Å². The summed E-state index contributed by atoms with van der Waals surface area (Å²) in [5.41, 5.74) is 1.96. The summed E-state index contributed by atoms with van der Waals surface area (Å²) < 4.78 is 1.72. The number of rotatable bonds is 2. The maximum atomic E-state index is 10.9. The largest absolute Gasteiger partial charge is 0.508 e. The number of pyridine rings is 1. The maximum absolute atomic E-state index is 10.9. The van der Waals surface area contributed by atoms with Crippen LogP contribution in [0.5, 0.6) is 5.75 Å². The van der Waals surface area contributed by atoms with E-state index in [9.17, 15) is 9.90 Å². The molecule has 2 aromatic heterocycles. The minimum absolute atomic E-state index is 0.100. The number of nitrogens with zero attached hydrogens (tertiary/aromatic N) is 3. The van der Waals surface area contributed by atoms with Gasteiger partial charge in [-0.05, 0) is 30.3 Å². The van der Waals surface area contributed by atoms with Crippen LogP contribution in [-0.2, 0) is 0 Å². The molecule has 19 heavy (non-hydrogen) atoms. The zero-order valence-corrected chi connectivity index (χ0v) is 9.69. The van der Waals surface area contributed by atoms with Crippen LogP contribution in [0.4, 0.5) is 0 Å². The van der Waals surface area contributed by atoms with E-state index in [0.29, 0.717) is 11.2 Å². The molecule has 0 aliphatic rings. The van der Waals surface area contributed by atoms with Crippen LogP contribution in [0.3, 0.4) is 0 Å². The molecule has 3 rings (SSSR count). The van der Waals surface area contributed by atoms with Crippen molar-refractivity contribution in [2.45, 2.75) is 0 Å². The molecule has 0 saturated carbocycles. The molecule has 0 atom stereocenters. The number of hydrogen-bond acceptors (Lipinski definition) is 4. The predicted molar refractivity (Wildman–Crippen MR) is 67.5 cm³/mol. The zero-order chi connectivity index (χ0) is 13.4. The fourth-order valence-corrected chi connectivity index (χ4v) is 1.82. The van der Waals surface area contributed by atoms with Gasteiger partial charge >= 0.3 is 5.97 Å². The zero-order valence-electron chi connectivity index (χ0n) is 9.69. The van der Waals surface area contributed by atoms with Crippen molar-refractivity contribution < 1.29 is 15.0 Å². The topological polar surface area (TPSA) is 88.2 Å². The third-order valence-electron chi connectivity index (χ3n) is 2.76. The van der Waals surface area contributed by atoms with Gasteiger partial charge in [0.15, 0.2) is 5.65 Å². The Morgan fingerprint density at radius 3 is 2.58 bits per heavy atom. The summed E-state index contributed by atoms with van der Waals surface area (Å²) in [6.07, 6.45) is 2.86. The third kappa shape index (κ3) is 1.89. The number of aromatic hydroxyl groups is 1. The summed E-state index contributed by atoms with van der Waals surface area (Å²) in [5, 5.41) is 18.2. The number of fused-ring (bicyclic) bond motifs is 1. The second-order valence-corrected chi connectivity index (χ2v) is 4.00. The lowest BCUT2D eigenvalue weighted by Gasteiger charge is -2.03. The van der Waals surface area contributed by atoms with E-state index in [2.05, 4.69) is 9.97 Å². The summed E-state index contributed by atoms with van der Waals surface area (Å²) in [4.78, 5) is 19.1. The second kappa shape index (κ2) is 4.09. The lowest BCUT2D eigenvalue weighted by Crippen LogP contribution is -1.98. The molecule has 0 aliphatic heterocycles. The van der Waals surface area contributed by atoms with E-state index in [1.54, 1.807) is 35.2 Å². The molecule has 0 radical (unpaired) electrons. The van der Waals surface area contributed by atoms with Crippen LogP contribution >= 0.6 is 0 Å². The number of carboxylic acids is 1. The van der Waals surface area contributed by atoms with Crippen LogP contribution in [0.1, 0.15) is 10.4 Å². The fraction of sp³-hybridized carbons (Fsp3) is 0. The van der Waals surface area contributed by atoms with Crippen molar-refractivity contribution in [3.05, 3.63) is 48.4 Å². The Bertz CT molecular complexity index is 762. The average Bonchev–Trinajstić information content (AvgIpc) is 2.82. The fourth-order valence-electron chi connectivity index (χ4n) is 1.82. The van der Waals surface area contributed by atoms with Crippen molar-refractivity contribution in [2.24, 2.45) is 0 Å². The average molecular weight is 255 g/mol. The lowest BCUT2D eigenvalue weighted by atomic mass is 10.2. The quantitative estimate of drug-likeness (QED) is 0.729. The van der Waals surface area contributed by atoms with E-state index >= 15 is 0 Å². The molecule has 0 fully saturated rings. The SMILES string of the molecule is O=C(O)c1cnc2c(c1)ncn2-c1ccc(O)cc1. The van der Waals surface area contributed by atoms with Crippen molar-refractivity contribution in [3.63, 3.8) is 0 Å². The third-order valence-corrected chi connectivity index (χ3v) is 2.76. The highest BCUT2D eigenvalue weighted by atomic mass is 16.4. The van der Waals surface area contributed by atoms with Gasteiger partial charge in [-0.1, -0.05) is 0 Å². The summed E-state index contributed by atoms with van der Waals surface area (Å²) >= 11 is 0. The van der Waals surface area contributed by atoms with E-state index < -0.39 is 5.97 Å². The van der Waals surface area contributed by atoms with Gasteiger partial charge in [-0.2, -0.15) is 0 Å². The standard InChI is InChI=1S/C13H9N3O3/c17-10-3-1-9(2-4-10)16-7-15-11-5-8(13(18)19)6-14-12(11)16/h1-7,17H,(H,18,19). The van der Waals surface area contributed by atoms with Crippen LogP contribution in [-0.4, -0.2) is 30.7 Å². The summed E-state index contributed by atoms with van der Waals surface area (Å²) in [6.45, 7) is 0. The van der Waals surface area contributed by atoms with Crippen molar-refractivity contribution in [1.82, 2.24) is 14.5 Å². The molecule has 0 unspecified atom stereocenters. The molecule has 6 nitrogen and oxygen atoms in total. The van der Waals surface area contributed by atoms with Crippen LogP contribution in [0.2, 0.25) is 0 Å². The number of carbonyl (C=O) groups is 1. The molecule has 0 bridgehead atoms. The number of phenolic OH excluding ortho intramolecular Hbond substituents is 1. The second-order valence-electron chi connectivity index (χ2n) is 4.00. The molecule has 6 heteroatoms. The molecule has 0 aliphatic carbocycles.